The van der Waals surface area contributed by atoms with Gasteiger partial charge in [0.1, 0.15) is 0 Å². The van der Waals surface area contributed by atoms with Crippen molar-refractivity contribution in [2.45, 2.75) is 13.5 Å². The Balaban J connectivity index is 2.12. The zero-order chi connectivity index (χ0) is 14.7. The first kappa shape index (κ1) is 14.5. The molecule has 0 saturated heterocycles. The summed E-state index contributed by atoms with van der Waals surface area (Å²) in [6.45, 7) is 2.31. The van der Waals surface area contributed by atoms with Crippen LogP contribution < -0.4 is 4.74 Å². The predicted molar refractivity (Wildman–Crippen MR) is 75.6 cm³/mol. The van der Waals surface area contributed by atoms with Gasteiger partial charge < -0.3 is 9.64 Å². The van der Waals surface area contributed by atoms with E-state index in [-0.39, 0.29) is 17.2 Å². The molecule has 0 spiro atoms. The molecule has 106 valence electrons. The van der Waals surface area contributed by atoms with Crippen molar-refractivity contribution in [1.29, 1.82) is 0 Å². The van der Waals surface area contributed by atoms with E-state index < -0.39 is 5.82 Å². The van der Waals surface area contributed by atoms with Crippen LogP contribution in [0.15, 0.2) is 23.6 Å². The Hall–Kier alpha value is -1.95. The molecule has 0 bridgehead atoms. The van der Waals surface area contributed by atoms with E-state index >= 15 is 0 Å². The van der Waals surface area contributed by atoms with Crippen molar-refractivity contribution in [3.8, 4) is 5.75 Å². The minimum atomic E-state index is -0.545. The number of benzene rings is 1. The molecule has 2 rings (SSSR count). The predicted octanol–water partition coefficient (Wildman–Crippen LogP) is 2.87. The lowest BCUT2D eigenvalue weighted by molar-refractivity contribution is 0.0783. The number of ether oxygens (including phenoxy) is 1. The molecule has 6 heteroatoms. The number of amides is 1. The molecule has 0 aliphatic rings. The normalized spacial score (nSPS) is 10.4. The molecule has 0 unspecified atom stereocenters. The monoisotopic (exact) mass is 294 g/mol. The Bertz CT molecular complexity index is 627. The largest absolute Gasteiger partial charge is 0.494 e. The van der Waals surface area contributed by atoms with E-state index in [1.807, 2.05) is 12.3 Å². The van der Waals surface area contributed by atoms with E-state index in [4.69, 9.17) is 4.74 Å². The average Bonchev–Trinajstić information content (AvgIpc) is 2.83. The van der Waals surface area contributed by atoms with Crippen molar-refractivity contribution in [2.75, 3.05) is 14.2 Å². The molecule has 0 fully saturated rings. The van der Waals surface area contributed by atoms with Gasteiger partial charge in [0.2, 0.25) is 0 Å². The quantitative estimate of drug-likeness (QED) is 0.871. The molecule has 0 atom stereocenters. The highest BCUT2D eigenvalue weighted by molar-refractivity contribution is 7.09. The molecule has 0 aliphatic heterocycles. The second-order valence-electron chi connectivity index (χ2n) is 4.37. The lowest BCUT2D eigenvalue weighted by Gasteiger charge is -2.16. The molecule has 0 radical (unpaired) electrons. The third kappa shape index (κ3) is 3.14. The molecule has 1 heterocycles. The first-order chi connectivity index (χ1) is 9.51. The smallest absolute Gasteiger partial charge is 0.254 e. The maximum Gasteiger partial charge on any atom is 0.254 e. The van der Waals surface area contributed by atoms with Crippen LogP contribution in [0.5, 0.6) is 5.75 Å². The van der Waals surface area contributed by atoms with Crippen LogP contribution in [0.3, 0.4) is 0 Å². The number of aryl methyl sites for hydroxylation is 1. The van der Waals surface area contributed by atoms with Crippen LogP contribution in [0.4, 0.5) is 4.39 Å². The third-order valence-corrected chi connectivity index (χ3v) is 3.63. The molecule has 0 aliphatic carbocycles. The number of nitrogens with zero attached hydrogens (tertiary/aromatic N) is 2. The van der Waals surface area contributed by atoms with Crippen molar-refractivity contribution < 1.29 is 13.9 Å². The maximum atomic E-state index is 13.6. The average molecular weight is 294 g/mol. The lowest BCUT2D eigenvalue weighted by atomic mass is 10.2. The molecule has 4 nitrogen and oxygen atoms in total. The topological polar surface area (TPSA) is 42.4 Å². The fourth-order valence-corrected chi connectivity index (χ4v) is 2.42. The van der Waals surface area contributed by atoms with Gasteiger partial charge in [0.25, 0.3) is 5.91 Å². The van der Waals surface area contributed by atoms with Crippen molar-refractivity contribution in [3.63, 3.8) is 0 Å². The van der Waals surface area contributed by atoms with E-state index in [0.717, 1.165) is 10.7 Å². The van der Waals surface area contributed by atoms with E-state index in [1.165, 1.54) is 35.5 Å². The molecular formula is C14H15FN2O2S. The van der Waals surface area contributed by atoms with Gasteiger partial charge in [-0.2, -0.15) is 0 Å². The fourth-order valence-electron chi connectivity index (χ4n) is 1.82. The SMILES string of the molecule is COc1ccc(C(=O)N(C)Cc2csc(C)n2)cc1F. The molecule has 0 saturated carbocycles. The zero-order valence-corrected chi connectivity index (χ0v) is 12.3. The highest BCUT2D eigenvalue weighted by atomic mass is 32.1. The standard InChI is InChI=1S/C14H15FN2O2S/c1-9-16-11(8-20-9)7-17(2)14(18)10-4-5-13(19-3)12(15)6-10/h4-6,8H,7H2,1-3H3. The van der Waals surface area contributed by atoms with Crippen molar-refractivity contribution in [1.82, 2.24) is 9.88 Å². The summed E-state index contributed by atoms with van der Waals surface area (Å²) >= 11 is 1.54. The van der Waals surface area contributed by atoms with Gasteiger partial charge in [-0.3, -0.25) is 4.79 Å². The molecule has 1 aromatic heterocycles. The second kappa shape index (κ2) is 6.00. The fraction of sp³-hybridized carbons (Fsp3) is 0.286. The molecule has 0 N–H and O–H groups in total. The van der Waals surface area contributed by atoms with Crippen LogP contribution in [0.2, 0.25) is 0 Å². The maximum absolute atomic E-state index is 13.6. The van der Waals surface area contributed by atoms with E-state index in [2.05, 4.69) is 4.98 Å². The molecular weight excluding hydrogens is 279 g/mol. The summed E-state index contributed by atoms with van der Waals surface area (Å²) in [5.74, 6) is -0.673. The van der Waals surface area contributed by atoms with Crippen LogP contribution in [0.25, 0.3) is 0 Å². The minimum absolute atomic E-state index is 0.124. The highest BCUT2D eigenvalue weighted by Crippen LogP contribution is 2.19. The van der Waals surface area contributed by atoms with Crippen LogP contribution in [0.1, 0.15) is 21.1 Å². The number of carbonyl (C=O) groups is 1. The van der Waals surface area contributed by atoms with Gasteiger partial charge in [0.05, 0.1) is 24.4 Å². The number of aromatic nitrogens is 1. The highest BCUT2D eigenvalue weighted by Gasteiger charge is 2.15. The Morgan fingerprint density at radius 3 is 2.80 bits per heavy atom. The number of hydrogen-bond acceptors (Lipinski definition) is 4. The van der Waals surface area contributed by atoms with Gasteiger partial charge in [-0.15, -0.1) is 11.3 Å². The van der Waals surface area contributed by atoms with Gasteiger partial charge in [-0.05, 0) is 25.1 Å². The van der Waals surface area contributed by atoms with Crippen LogP contribution in [-0.2, 0) is 6.54 Å². The Labute approximate surface area is 120 Å². The molecule has 1 amide bonds. The minimum Gasteiger partial charge on any atom is -0.494 e. The summed E-state index contributed by atoms with van der Waals surface area (Å²) in [4.78, 5) is 18.0. The summed E-state index contributed by atoms with van der Waals surface area (Å²) < 4.78 is 18.4. The van der Waals surface area contributed by atoms with Crippen molar-refractivity contribution in [3.05, 3.63) is 45.7 Å². The second-order valence-corrected chi connectivity index (χ2v) is 5.43. The van der Waals surface area contributed by atoms with E-state index in [9.17, 15) is 9.18 Å². The van der Waals surface area contributed by atoms with Gasteiger partial charge in [0, 0.05) is 18.0 Å². The van der Waals surface area contributed by atoms with Gasteiger partial charge >= 0.3 is 0 Å². The molecule has 20 heavy (non-hydrogen) atoms. The number of thiazole rings is 1. The van der Waals surface area contributed by atoms with Crippen LogP contribution in [0, 0.1) is 12.7 Å². The first-order valence-corrected chi connectivity index (χ1v) is 6.89. The summed E-state index contributed by atoms with van der Waals surface area (Å²) in [5, 5.41) is 2.87. The summed E-state index contributed by atoms with van der Waals surface area (Å²) in [7, 11) is 3.05. The van der Waals surface area contributed by atoms with Gasteiger partial charge in [-0.1, -0.05) is 0 Å². The summed E-state index contributed by atoms with van der Waals surface area (Å²) in [5.41, 5.74) is 1.12. The summed E-state index contributed by atoms with van der Waals surface area (Å²) in [6, 6.07) is 4.18. The van der Waals surface area contributed by atoms with E-state index in [0.29, 0.717) is 6.54 Å². The number of carbonyl (C=O) groups excluding carboxylic acids is 1. The molecule has 2 aromatic rings. The van der Waals surface area contributed by atoms with Crippen molar-refractivity contribution >= 4 is 17.2 Å². The first-order valence-electron chi connectivity index (χ1n) is 6.01. The lowest BCUT2D eigenvalue weighted by Crippen LogP contribution is -2.26. The Morgan fingerprint density at radius 2 is 2.25 bits per heavy atom. The van der Waals surface area contributed by atoms with Crippen molar-refractivity contribution in [2.24, 2.45) is 0 Å². The third-order valence-electron chi connectivity index (χ3n) is 2.81. The number of rotatable bonds is 4. The number of methoxy groups -OCH3 is 1. The zero-order valence-electron chi connectivity index (χ0n) is 11.5. The Kier molecular flexibility index (Phi) is 4.34. The van der Waals surface area contributed by atoms with E-state index in [1.54, 1.807) is 13.1 Å². The van der Waals surface area contributed by atoms with Gasteiger partial charge in [0.15, 0.2) is 11.6 Å². The Morgan fingerprint density at radius 1 is 1.50 bits per heavy atom. The van der Waals surface area contributed by atoms with Gasteiger partial charge in [-0.25, -0.2) is 9.37 Å². The number of hydrogen-bond donors (Lipinski definition) is 0. The van der Waals surface area contributed by atoms with Crippen LogP contribution in [-0.4, -0.2) is 29.9 Å². The molecule has 1 aromatic carbocycles. The number of halogens is 1. The summed E-state index contributed by atoms with van der Waals surface area (Å²) in [6.07, 6.45) is 0. The van der Waals surface area contributed by atoms with Crippen LogP contribution >= 0.6 is 11.3 Å².